The molecule has 1 aromatic rings. The Labute approximate surface area is 102 Å². The molecule has 0 fully saturated rings. The lowest BCUT2D eigenvalue weighted by Crippen LogP contribution is -2.47. The van der Waals surface area contributed by atoms with Crippen LogP contribution in [-0.2, 0) is 16.8 Å². The molecule has 0 bridgehead atoms. The quantitative estimate of drug-likeness (QED) is 0.809. The monoisotopic (exact) mass is 239 g/mol. The summed E-state index contributed by atoms with van der Waals surface area (Å²) in [4.78, 5) is 10.9. The summed E-state index contributed by atoms with van der Waals surface area (Å²) in [5, 5.41) is 13.4. The lowest BCUT2D eigenvalue weighted by Gasteiger charge is -2.26. The van der Waals surface area contributed by atoms with Crippen molar-refractivity contribution in [2.75, 3.05) is 0 Å². The first-order valence-corrected chi connectivity index (χ1v) is 5.77. The summed E-state index contributed by atoms with van der Waals surface area (Å²) in [6.07, 6.45) is 1.87. The van der Waals surface area contributed by atoms with Crippen molar-refractivity contribution >= 4 is 5.97 Å². The van der Waals surface area contributed by atoms with Crippen LogP contribution >= 0.6 is 0 Å². The molecule has 1 aromatic heterocycles. The van der Waals surface area contributed by atoms with Crippen LogP contribution in [0.25, 0.3) is 0 Å². The van der Waals surface area contributed by atoms with Crippen LogP contribution in [0, 0.1) is 5.92 Å². The Morgan fingerprint density at radius 1 is 1.59 bits per heavy atom. The van der Waals surface area contributed by atoms with Crippen LogP contribution in [0.5, 0.6) is 0 Å². The third-order valence-corrected chi connectivity index (χ3v) is 2.90. The van der Waals surface area contributed by atoms with E-state index in [-0.39, 0.29) is 0 Å². The summed E-state index contributed by atoms with van der Waals surface area (Å²) in [5.41, 5.74) is 5.73. The Balaban J connectivity index is 2.92. The number of aromatic nitrogens is 2. The number of rotatable bonds is 5. The van der Waals surface area contributed by atoms with E-state index in [1.54, 1.807) is 13.8 Å². The molecule has 1 heterocycles. The van der Waals surface area contributed by atoms with Gasteiger partial charge in [0.1, 0.15) is 6.04 Å². The number of hydrogen-bond donors (Lipinski definition) is 2. The fourth-order valence-electron chi connectivity index (χ4n) is 1.65. The highest BCUT2D eigenvalue weighted by molar-refractivity contribution is 5.75. The summed E-state index contributed by atoms with van der Waals surface area (Å²) < 4.78 is 1.83. The van der Waals surface area contributed by atoms with Crippen molar-refractivity contribution in [3.63, 3.8) is 0 Å². The van der Waals surface area contributed by atoms with Gasteiger partial charge in [-0.15, -0.1) is 0 Å². The van der Waals surface area contributed by atoms with Crippen LogP contribution in [-0.4, -0.2) is 26.9 Å². The number of nitrogens with zero attached hydrogens (tertiary/aromatic N) is 2. The minimum Gasteiger partial charge on any atom is -0.480 e. The molecular weight excluding hydrogens is 218 g/mol. The summed E-state index contributed by atoms with van der Waals surface area (Å²) in [5.74, 6) is -0.507. The maximum absolute atomic E-state index is 10.9. The molecule has 0 amide bonds. The molecule has 0 saturated carbocycles. The molecule has 17 heavy (non-hydrogen) atoms. The number of carboxylic acid groups (broad SMARTS) is 1. The number of carboxylic acids is 1. The van der Waals surface area contributed by atoms with Crippen LogP contribution in [0.4, 0.5) is 0 Å². The Morgan fingerprint density at radius 3 is 2.65 bits per heavy atom. The Hall–Kier alpha value is -1.36. The number of carbonyl (C=O) groups is 1. The van der Waals surface area contributed by atoms with Crippen LogP contribution in [0.15, 0.2) is 12.3 Å². The average Bonchev–Trinajstić information content (AvgIpc) is 2.64. The molecular formula is C12H21N3O2. The molecule has 1 atom stereocenters. The van der Waals surface area contributed by atoms with Crippen molar-refractivity contribution in [1.29, 1.82) is 0 Å². The topological polar surface area (TPSA) is 81.1 Å². The van der Waals surface area contributed by atoms with E-state index in [2.05, 4.69) is 18.9 Å². The summed E-state index contributed by atoms with van der Waals surface area (Å²) in [7, 11) is 0. The Bertz CT molecular complexity index is 396. The standard InChI is InChI=1S/C12H21N3O2/c1-8(2)7-15-6-5-9(14-15)12(3,4)10(13)11(16)17/h5-6,8,10H,7,13H2,1-4H3,(H,16,17). The molecule has 0 spiro atoms. The first-order valence-electron chi connectivity index (χ1n) is 5.77. The summed E-state index contributed by atoms with van der Waals surface area (Å²) in [6, 6.07) is 0.885. The minimum atomic E-state index is -1.01. The van der Waals surface area contributed by atoms with E-state index in [1.165, 1.54) is 0 Å². The molecule has 0 saturated heterocycles. The third-order valence-electron chi connectivity index (χ3n) is 2.90. The maximum atomic E-state index is 10.9. The van der Waals surface area contributed by atoms with Gasteiger partial charge in [-0.3, -0.25) is 9.48 Å². The van der Waals surface area contributed by atoms with Gasteiger partial charge < -0.3 is 10.8 Å². The number of nitrogens with two attached hydrogens (primary N) is 1. The van der Waals surface area contributed by atoms with Gasteiger partial charge in [0, 0.05) is 18.2 Å². The van der Waals surface area contributed by atoms with E-state index in [1.807, 2.05) is 16.9 Å². The van der Waals surface area contributed by atoms with Gasteiger partial charge in [-0.05, 0) is 12.0 Å². The predicted molar refractivity (Wildman–Crippen MR) is 65.7 cm³/mol. The number of hydrogen-bond acceptors (Lipinski definition) is 3. The van der Waals surface area contributed by atoms with E-state index < -0.39 is 17.4 Å². The second-order valence-electron chi connectivity index (χ2n) is 5.35. The van der Waals surface area contributed by atoms with Gasteiger partial charge in [0.05, 0.1) is 5.69 Å². The molecule has 0 aromatic carbocycles. The highest BCUT2D eigenvalue weighted by Gasteiger charge is 2.35. The molecule has 96 valence electrons. The van der Waals surface area contributed by atoms with Gasteiger partial charge in [0.15, 0.2) is 0 Å². The third kappa shape index (κ3) is 3.06. The van der Waals surface area contributed by atoms with Gasteiger partial charge in [0.2, 0.25) is 0 Å². The Morgan fingerprint density at radius 2 is 2.18 bits per heavy atom. The van der Waals surface area contributed by atoms with Crippen LogP contribution in [0.1, 0.15) is 33.4 Å². The van der Waals surface area contributed by atoms with Gasteiger partial charge in [-0.2, -0.15) is 5.10 Å². The van der Waals surface area contributed by atoms with Crippen LogP contribution < -0.4 is 5.73 Å². The van der Waals surface area contributed by atoms with E-state index in [9.17, 15) is 4.79 Å². The van der Waals surface area contributed by atoms with Crippen molar-refractivity contribution in [2.45, 2.75) is 45.7 Å². The maximum Gasteiger partial charge on any atom is 0.321 e. The normalized spacial score (nSPS) is 14.0. The molecule has 5 heteroatoms. The fraction of sp³-hybridized carbons (Fsp3) is 0.667. The van der Waals surface area contributed by atoms with Crippen molar-refractivity contribution in [1.82, 2.24) is 9.78 Å². The van der Waals surface area contributed by atoms with Crippen molar-refractivity contribution in [2.24, 2.45) is 11.7 Å². The highest BCUT2D eigenvalue weighted by Crippen LogP contribution is 2.24. The lowest BCUT2D eigenvalue weighted by molar-refractivity contribution is -0.140. The van der Waals surface area contributed by atoms with Gasteiger partial charge >= 0.3 is 5.97 Å². The van der Waals surface area contributed by atoms with Crippen molar-refractivity contribution in [3.8, 4) is 0 Å². The number of aliphatic carboxylic acids is 1. The average molecular weight is 239 g/mol. The highest BCUT2D eigenvalue weighted by atomic mass is 16.4. The molecule has 0 aliphatic heterocycles. The molecule has 0 radical (unpaired) electrons. The van der Waals surface area contributed by atoms with E-state index in [0.29, 0.717) is 11.6 Å². The molecule has 3 N–H and O–H groups in total. The smallest absolute Gasteiger partial charge is 0.321 e. The second kappa shape index (κ2) is 4.87. The van der Waals surface area contributed by atoms with Crippen molar-refractivity contribution in [3.05, 3.63) is 18.0 Å². The van der Waals surface area contributed by atoms with Crippen LogP contribution in [0.3, 0.4) is 0 Å². The first kappa shape index (κ1) is 13.7. The van der Waals surface area contributed by atoms with Gasteiger partial charge in [0.25, 0.3) is 0 Å². The molecule has 5 nitrogen and oxygen atoms in total. The minimum absolute atomic E-state index is 0.499. The van der Waals surface area contributed by atoms with E-state index >= 15 is 0 Å². The summed E-state index contributed by atoms with van der Waals surface area (Å²) >= 11 is 0. The zero-order valence-corrected chi connectivity index (χ0v) is 10.8. The molecule has 1 unspecified atom stereocenters. The van der Waals surface area contributed by atoms with Crippen molar-refractivity contribution < 1.29 is 9.90 Å². The zero-order valence-electron chi connectivity index (χ0n) is 10.8. The lowest BCUT2D eigenvalue weighted by atomic mass is 9.82. The van der Waals surface area contributed by atoms with E-state index in [4.69, 9.17) is 10.8 Å². The Kier molecular flexibility index (Phi) is 3.93. The summed E-state index contributed by atoms with van der Waals surface area (Å²) in [6.45, 7) is 8.63. The van der Waals surface area contributed by atoms with Gasteiger partial charge in [-0.1, -0.05) is 27.7 Å². The predicted octanol–water partition coefficient (Wildman–Crippen LogP) is 1.23. The van der Waals surface area contributed by atoms with Crippen LogP contribution in [0.2, 0.25) is 0 Å². The van der Waals surface area contributed by atoms with Gasteiger partial charge in [-0.25, -0.2) is 0 Å². The first-order chi connectivity index (χ1) is 7.75. The molecule has 0 aliphatic carbocycles. The second-order valence-corrected chi connectivity index (χ2v) is 5.35. The molecule has 0 aliphatic rings. The SMILES string of the molecule is CC(C)Cn1ccc(C(C)(C)C(N)C(=O)O)n1. The zero-order chi connectivity index (χ0) is 13.2. The molecule has 1 rings (SSSR count). The fourth-order valence-corrected chi connectivity index (χ4v) is 1.65. The largest absolute Gasteiger partial charge is 0.480 e. The van der Waals surface area contributed by atoms with E-state index in [0.717, 1.165) is 6.54 Å².